The molecule has 0 aliphatic carbocycles. The van der Waals surface area contributed by atoms with Gasteiger partial charge in [0.25, 0.3) is 0 Å². The Labute approximate surface area is 81.3 Å². The van der Waals surface area contributed by atoms with Crippen molar-refractivity contribution in [2.45, 2.75) is 6.61 Å². The first-order valence-corrected chi connectivity index (χ1v) is 4.22. The highest BCUT2D eigenvalue weighted by molar-refractivity contribution is 5.21. The summed E-state index contributed by atoms with van der Waals surface area (Å²) in [5.41, 5.74) is 0.863. The average molecular weight is 190 g/mol. The summed E-state index contributed by atoms with van der Waals surface area (Å²) in [6.07, 6.45) is 3.23. The Hall–Kier alpha value is -1.75. The fraction of sp³-hybridized carbons (Fsp3) is 0.222. The first-order valence-electron chi connectivity index (χ1n) is 4.22. The summed E-state index contributed by atoms with van der Waals surface area (Å²) in [5, 5.41) is 7.98. The van der Waals surface area contributed by atoms with Crippen molar-refractivity contribution in [3.8, 4) is 5.82 Å². The maximum Gasteiger partial charge on any atom is 0.174 e. The van der Waals surface area contributed by atoms with E-state index in [2.05, 4.69) is 15.2 Å². The van der Waals surface area contributed by atoms with E-state index < -0.39 is 0 Å². The minimum atomic E-state index is 0.495. The molecule has 0 saturated heterocycles. The van der Waals surface area contributed by atoms with Crippen LogP contribution in [0.25, 0.3) is 5.82 Å². The molecule has 0 aromatic carbocycles. The van der Waals surface area contributed by atoms with Crippen LogP contribution in [-0.2, 0) is 11.3 Å². The SMILES string of the molecule is COCc1cccc(-n2nccn2)n1. The smallest absolute Gasteiger partial charge is 0.174 e. The van der Waals surface area contributed by atoms with Crippen LogP contribution in [0.1, 0.15) is 5.69 Å². The monoisotopic (exact) mass is 190 g/mol. The zero-order valence-corrected chi connectivity index (χ0v) is 7.79. The fourth-order valence-electron chi connectivity index (χ4n) is 1.14. The number of ether oxygens (including phenoxy) is 1. The summed E-state index contributed by atoms with van der Waals surface area (Å²) < 4.78 is 4.99. The maximum absolute atomic E-state index is 4.99. The molecule has 5 nitrogen and oxygen atoms in total. The zero-order valence-electron chi connectivity index (χ0n) is 7.79. The number of aromatic nitrogens is 4. The molecule has 0 aliphatic heterocycles. The van der Waals surface area contributed by atoms with Crippen molar-refractivity contribution < 1.29 is 4.74 Å². The number of hydrogen-bond acceptors (Lipinski definition) is 4. The molecule has 14 heavy (non-hydrogen) atoms. The lowest BCUT2D eigenvalue weighted by Gasteiger charge is -2.01. The Morgan fingerprint density at radius 2 is 2.07 bits per heavy atom. The van der Waals surface area contributed by atoms with Crippen LogP contribution in [0.5, 0.6) is 0 Å². The van der Waals surface area contributed by atoms with Crippen molar-refractivity contribution in [1.29, 1.82) is 0 Å². The van der Waals surface area contributed by atoms with Gasteiger partial charge in [-0.3, -0.25) is 0 Å². The molecule has 0 bridgehead atoms. The summed E-state index contributed by atoms with van der Waals surface area (Å²) >= 11 is 0. The molecule has 0 amide bonds. The number of methoxy groups -OCH3 is 1. The standard InChI is InChI=1S/C9H10N4O/c1-14-7-8-3-2-4-9(12-8)13-10-5-6-11-13/h2-6H,7H2,1H3. The predicted molar refractivity (Wildman–Crippen MR) is 49.9 cm³/mol. The van der Waals surface area contributed by atoms with Gasteiger partial charge in [0, 0.05) is 7.11 Å². The number of nitrogens with zero attached hydrogens (tertiary/aromatic N) is 4. The highest BCUT2D eigenvalue weighted by Gasteiger charge is 2.00. The molecule has 2 aromatic heterocycles. The van der Waals surface area contributed by atoms with Gasteiger partial charge in [-0.1, -0.05) is 6.07 Å². The second kappa shape index (κ2) is 3.97. The Bertz CT molecular complexity index is 399. The number of pyridine rings is 1. The summed E-state index contributed by atoms with van der Waals surface area (Å²) in [6.45, 7) is 0.495. The highest BCUT2D eigenvalue weighted by Crippen LogP contribution is 2.03. The summed E-state index contributed by atoms with van der Waals surface area (Å²) in [5.74, 6) is 0.699. The quantitative estimate of drug-likeness (QED) is 0.718. The van der Waals surface area contributed by atoms with Gasteiger partial charge in [-0.15, -0.1) is 4.80 Å². The van der Waals surface area contributed by atoms with E-state index in [-0.39, 0.29) is 0 Å². The lowest BCUT2D eigenvalue weighted by atomic mass is 10.3. The second-order valence-corrected chi connectivity index (χ2v) is 2.74. The van der Waals surface area contributed by atoms with Crippen molar-refractivity contribution in [3.05, 3.63) is 36.3 Å². The van der Waals surface area contributed by atoms with Crippen LogP contribution in [0.4, 0.5) is 0 Å². The Morgan fingerprint density at radius 3 is 2.79 bits per heavy atom. The molecule has 0 atom stereocenters. The molecule has 2 heterocycles. The van der Waals surface area contributed by atoms with Gasteiger partial charge in [-0.2, -0.15) is 10.2 Å². The van der Waals surface area contributed by atoms with Crippen LogP contribution < -0.4 is 0 Å². The number of rotatable bonds is 3. The molecule has 0 unspecified atom stereocenters. The van der Waals surface area contributed by atoms with Gasteiger partial charge in [-0.05, 0) is 12.1 Å². The van der Waals surface area contributed by atoms with Crippen molar-refractivity contribution in [2.75, 3.05) is 7.11 Å². The summed E-state index contributed by atoms with van der Waals surface area (Å²) in [4.78, 5) is 5.79. The van der Waals surface area contributed by atoms with Gasteiger partial charge in [0.1, 0.15) is 0 Å². The normalized spacial score (nSPS) is 10.4. The third-order valence-corrected chi connectivity index (χ3v) is 1.71. The topological polar surface area (TPSA) is 52.8 Å². The zero-order chi connectivity index (χ0) is 9.80. The molecular weight excluding hydrogens is 180 g/mol. The van der Waals surface area contributed by atoms with E-state index >= 15 is 0 Å². The molecule has 0 saturated carbocycles. The van der Waals surface area contributed by atoms with E-state index in [4.69, 9.17) is 4.74 Å². The lowest BCUT2D eigenvalue weighted by molar-refractivity contribution is 0.181. The molecule has 0 N–H and O–H groups in total. The number of hydrogen-bond donors (Lipinski definition) is 0. The van der Waals surface area contributed by atoms with E-state index in [1.165, 1.54) is 4.80 Å². The minimum absolute atomic E-state index is 0.495. The molecule has 0 radical (unpaired) electrons. The van der Waals surface area contributed by atoms with Gasteiger partial charge in [0.15, 0.2) is 5.82 Å². The molecule has 2 rings (SSSR count). The van der Waals surface area contributed by atoms with Crippen molar-refractivity contribution in [2.24, 2.45) is 0 Å². The van der Waals surface area contributed by atoms with Crippen LogP contribution >= 0.6 is 0 Å². The van der Waals surface area contributed by atoms with E-state index in [1.807, 2.05) is 18.2 Å². The largest absolute Gasteiger partial charge is 0.378 e. The van der Waals surface area contributed by atoms with E-state index in [0.29, 0.717) is 12.4 Å². The van der Waals surface area contributed by atoms with E-state index in [9.17, 15) is 0 Å². The molecule has 5 heteroatoms. The lowest BCUT2D eigenvalue weighted by Crippen LogP contribution is -2.03. The summed E-state index contributed by atoms with van der Waals surface area (Å²) in [6, 6.07) is 5.65. The van der Waals surface area contributed by atoms with Gasteiger partial charge in [0.05, 0.1) is 24.7 Å². The van der Waals surface area contributed by atoms with Crippen LogP contribution in [0.2, 0.25) is 0 Å². The molecule has 0 fully saturated rings. The molecule has 0 aliphatic rings. The van der Waals surface area contributed by atoms with Gasteiger partial charge < -0.3 is 4.74 Å². The first kappa shape index (κ1) is 8.83. The van der Waals surface area contributed by atoms with Crippen LogP contribution in [0, 0.1) is 0 Å². The second-order valence-electron chi connectivity index (χ2n) is 2.74. The Morgan fingerprint density at radius 1 is 1.29 bits per heavy atom. The molecular formula is C9H10N4O. The third-order valence-electron chi connectivity index (χ3n) is 1.71. The minimum Gasteiger partial charge on any atom is -0.378 e. The van der Waals surface area contributed by atoms with Crippen LogP contribution in [-0.4, -0.2) is 27.1 Å². The average Bonchev–Trinajstić information content (AvgIpc) is 2.71. The molecule has 0 spiro atoms. The first-order chi connectivity index (χ1) is 6.90. The van der Waals surface area contributed by atoms with E-state index in [0.717, 1.165) is 5.69 Å². The Kier molecular flexibility index (Phi) is 2.51. The highest BCUT2D eigenvalue weighted by atomic mass is 16.5. The van der Waals surface area contributed by atoms with Gasteiger partial charge in [-0.25, -0.2) is 4.98 Å². The molecule has 2 aromatic rings. The maximum atomic E-state index is 4.99. The van der Waals surface area contributed by atoms with Crippen molar-refractivity contribution >= 4 is 0 Å². The van der Waals surface area contributed by atoms with Crippen LogP contribution in [0.15, 0.2) is 30.6 Å². The van der Waals surface area contributed by atoms with Gasteiger partial charge >= 0.3 is 0 Å². The van der Waals surface area contributed by atoms with Crippen LogP contribution in [0.3, 0.4) is 0 Å². The van der Waals surface area contributed by atoms with Crippen molar-refractivity contribution in [1.82, 2.24) is 20.0 Å². The van der Waals surface area contributed by atoms with Gasteiger partial charge in [0.2, 0.25) is 0 Å². The van der Waals surface area contributed by atoms with Crippen molar-refractivity contribution in [3.63, 3.8) is 0 Å². The molecule has 72 valence electrons. The summed E-state index contributed by atoms with van der Waals surface area (Å²) in [7, 11) is 1.64. The fourth-order valence-corrected chi connectivity index (χ4v) is 1.14. The Balaban J connectivity index is 2.31. The third kappa shape index (κ3) is 1.77. The van der Waals surface area contributed by atoms with E-state index in [1.54, 1.807) is 19.5 Å². The predicted octanol–water partition coefficient (Wildman–Crippen LogP) is 0.809.